The van der Waals surface area contributed by atoms with Crippen molar-refractivity contribution >= 4 is 91.1 Å². The van der Waals surface area contributed by atoms with Crippen molar-refractivity contribution in [3.05, 3.63) is 43.3 Å². The van der Waals surface area contributed by atoms with Gasteiger partial charge in [-0.25, -0.2) is 0 Å². The predicted octanol–water partition coefficient (Wildman–Crippen LogP) is 4.82. The number of benzene rings is 1. The van der Waals surface area contributed by atoms with Crippen molar-refractivity contribution in [1.82, 2.24) is 5.06 Å². The van der Waals surface area contributed by atoms with Crippen molar-refractivity contribution in [3.8, 4) is 0 Å². The van der Waals surface area contributed by atoms with Crippen LogP contribution >= 0.6 is 55.4 Å². The third-order valence-corrected chi connectivity index (χ3v) is 18.8. The van der Waals surface area contributed by atoms with E-state index >= 15 is 0 Å². The van der Waals surface area contributed by atoms with Crippen LogP contribution < -0.4 is 0 Å². The first-order valence-electron chi connectivity index (χ1n) is 8.01. The topological polar surface area (TPSA) is 49.2 Å². The molecule has 143 valence electrons. The molecule has 1 aromatic rings. The van der Waals surface area contributed by atoms with Gasteiger partial charge in [0.15, 0.2) is 0 Å². The zero-order valence-corrected chi connectivity index (χ0v) is 23.1. The summed E-state index contributed by atoms with van der Waals surface area (Å²) in [5, 5.41) is 26.7. The van der Waals surface area contributed by atoms with E-state index in [9.17, 15) is 10.4 Å². The van der Waals surface area contributed by atoms with Crippen LogP contribution in [0.1, 0.15) is 33.3 Å². The molecule has 0 unspecified atom stereocenters. The molecular weight excluding hydrogens is 646 g/mol. The molecule has 27 heavy (non-hydrogen) atoms. The number of fused-ring (bicyclic) bond motifs is 1. The summed E-state index contributed by atoms with van der Waals surface area (Å²) in [6.45, 7) is 7.30. The van der Waals surface area contributed by atoms with Crippen molar-refractivity contribution in [2.75, 3.05) is 0 Å². The van der Waals surface area contributed by atoms with E-state index in [1.54, 1.807) is 23.5 Å². The van der Waals surface area contributed by atoms with Gasteiger partial charge in [-0.15, -0.1) is 0 Å². The van der Waals surface area contributed by atoms with Gasteiger partial charge in [-0.3, -0.25) is 0 Å². The summed E-state index contributed by atoms with van der Waals surface area (Å²) in [7, 11) is 0. The number of hydrogen-bond acceptors (Lipinski definition) is 4. The molecule has 0 aromatic heterocycles. The van der Waals surface area contributed by atoms with Crippen LogP contribution in [0.3, 0.4) is 0 Å². The summed E-state index contributed by atoms with van der Waals surface area (Å²) in [5.74, 6) is 0.209. The first kappa shape index (κ1) is 20.9. The maximum atomic E-state index is 12.9. The molecule has 0 saturated carbocycles. The summed E-state index contributed by atoms with van der Waals surface area (Å²) in [6.07, 6.45) is 0. The van der Waals surface area contributed by atoms with Gasteiger partial charge >= 0.3 is 198 Å². The molecule has 1 aromatic carbocycles. The van der Waals surface area contributed by atoms with Gasteiger partial charge in [0.25, 0.3) is 0 Å². The molecule has 3 heterocycles. The van der Waals surface area contributed by atoms with Crippen molar-refractivity contribution < 1.29 is 9.95 Å². The summed E-state index contributed by atoms with van der Waals surface area (Å²) < 4.78 is 6.35. The number of amidine groups is 1. The Kier molecular flexibility index (Phi) is 5.49. The number of thioether (sulfide) groups is 2. The molecule has 4 nitrogen and oxygen atoms in total. The van der Waals surface area contributed by atoms with Gasteiger partial charge in [0.1, 0.15) is 0 Å². The van der Waals surface area contributed by atoms with E-state index in [1.165, 1.54) is 19.3 Å². The molecule has 0 bridgehead atoms. The van der Waals surface area contributed by atoms with Gasteiger partial charge in [0.05, 0.1) is 0 Å². The van der Waals surface area contributed by atoms with Gasteiger partial charge in [-0.05, 0) is 0 Å². The number of hydroxylamine groups is 3. The molecular formula is C17H15Br2N2O2S2Se2. The second kappa shape index (κ2) is 7.10. The Bertz CT molecular complexity index is 944. The van der Waals surface area contributed by atoms with Crippen molar-refractivity contribution in [2.24, 2.45) is 0 Å². The molecule has 0 spiro atoms. The number of rotatable bonds is 1. The average molecular weight is 661 g/mol. The summed E-state index contributed by atoms with van der Waals surface area (Å²) in [4.78, 5) is 2.33. The molecule has 4 rings (SSSR count). The van der Waals surface area contributed by atoms with Crippen LogP contribution in [0.5, 0.6) is 0 Å². The van der Waals surface area contributed by atoms with Crippen LogP contribution in [0.4, 0.5) is 0 Å². The number of hydrogen-bond donors (Lipinski definition) is 0. The Hall–Kier alpha value is 0.629. The van der Waals surface area contributed by atoms with E-state index in [0.29, 0.717) is 35.5 Å². The second-order valence-corrected chi connectivity index (χ2v) is 19.1. The van der Waals surface area contributed by atoms with Crippen molar-refractivity contribution in [1.29, 1.82) is 0 Å². The third kappa shape index (κ3) is 3.24. The van der Waals surface area contributed by atoms with E-state index < -0.39 is 11.1 Å². The first-order chi connectivity index (χ1) is 12.5. The zero-order chi connectivity index (χ0) is 19.7. The van der Waals surface area contributed by atoms with E-state index in [-0.39, 0.29) is 5.84 Å². The molecule has 0 saturated heterocycles. The van der Waals surface area contributed by atoms with E-state index in [4.69, 9.17) is 0 Å². The van der Waals surface area contributed by atoms with Crippen LogP contribution in [0.25, 0.3) is 0 Å². The Morgan fingerprint density at radius 1 is 1.07 bits per heavy atom. The van der Waals surface area contributed by atoms with E-state index in [1.807, 2.05) is 45.9 Å². The quantitative estimate of drug-likeness (QED) is 0.246. The van der Waals surface area contributed by atoms with Crippen LogP contribution in [0, 0.1) is 5.21 Å². The Balaban J connectivity index is 1.69. The zero-order valence-electron chi connectivity index (χ0n) is 14.8. The Labute approximate surface area is 196 Å². The number of nitrogens with zero attached hydrogens (tertiary/aromatic N) is 2. The van der Waals surface area contributed by atoms with Crippen molar-refractivity contribution in [3.63, 3.8) is 0 Å². The van der Waals surface area contributed by atoms with E-state index in [2.05, 4.69) is 31.9 Å². The summed E-state index contributed by atoms with van der Waals surface area (Å²) in [5.41, 5.74) is -0.895. The summed E-state index contributed by atoms with van der Waals surface area (Å²) >= 11 is 11.6. The molecule has 0 aliphatic carbocycles. The maximum absolute atomic E-state index is 12.9. The van der Waals surface area contributed by atoms with Gasteiger partial charge < -0.3 is 0 Å². The SMILES string of the molecule is CC1(C)N([O])C(c2ccc3c(c2)SC(=C2[Se]C(Br)=C(Br)[Se]2)S3)=[N+]([O-])C1(C)C. The predicted molar refractivity (Wildman–Crippen MR) is 120 cm³/mol. The van der Waals surface area contributed by atoms with Gasteiger partial charge in [0.2, 0.25) is 0 Å². The fourth-order valence-corrected chi connectivity index (χ4v) is 16.6. The number of halogens is 2. The minimum absolute atomic E-state index is 0.209. The molecule has 0 fully saturated rings. The van der Waals surface area contributed by atoms with Crippen LogP contribution in [-0.2, 0) is 5.21 Å². The van der Waals surface area contributed by atoms with Gasteiger partial charge in [0, 0.05) is 0 Å². The van der Waals surface area contributed by atoms with Gasteiger partial charge in [-0.2, -0.15) is 0 Å². The Morgan fingerprint density at radius 2 is 1.67 bits per heavy atom. The molecule has 0 N–H and O–H groups in total. The molecule has 0 amide bonds. The van der Waals surface area contributed by atoms with Crippen LogP contribution in [0.2, 0.25) is 0 Å². The minimum atomic E-state index is -0.794. The van der Waals surface area contributed by atoms with Crippen LogP contribution in [-0.4, -0.2) is 56.6 Å². The van der Waals surface area contributed by atoms with Crippen molar-refractivity contribution in [2.45, 2.75) is 48.6 Å². The molecule has 0 atom stereocenters. The van der Waals surface area contributed by atoms with Crippen LogP contribution in [0.15, 0.2) is 42.4 Å². The normalized spacial score (nSPS) is 23.7. The molecule has 3 aliphatic heterocycles. The standard InChI is InChI=1S/C17H15Br2N2O2S2Se2/c1-16(2)17(3,4)21(23)13(20(16)22)8-5-6-9-10(7-8)25-14(24-9)15-26-11(18)12(19)27-15/h5-7H,1-4H3. The Morgan fingerprint density at radius 3 is 2.22 bits per heavy atom. The molecule has 1 radical (unpaired) electrons. The average Bonchev–Trinajstić information content (AvgIpc) is 3.20. The third-order valence-electron chi connectivity index (χ3n) is 5.19. The fraction of sp³-hybridized carbons (Fsp3) is 0.353. The summed E-state index contributed by atoms with van der Waals surface area (Å²) in [6, 6.07) is 5.93. The monoisotopic (exact) mass is 661 g/mol. The van der Waals surface area contributed by atoms with E-state index in [0.717, 1.165) is 14.7 Å². The second-order valence-electron chi connectivity index (χ2n) is 7.22. The first-order valence-corrected chi connectivity index (χ1v) is 14.7. The van der Waals surface area contributed by atoms with Gasteiger partial charge in [-0.1, -0.05) is 0 Å². The fourth-order valence-electron chi connectivity index (χ4n) is 2.81. The molecule has 3 aliphatic rings. The molecule has 10 heteroatoms.